The molecule has 172 valence electrons. The number of aromatic hydroxyl groups is 2. The number of halogens is 1. The smallest absolute Gasteiger partial charge is 0.494 e. The van der Waals surface area contributed by atoms with Crippen molar-refractivity contribution in [1.82, 2.24) is 4.98 Å². The molecule has 33 heavy (non-hydrogen) atoms. The average molecular weight is 515 g/mol. The maximum atomic E-state index is 10.9. The van der Waals surface area contributed by atoms with Crippen LogP contribution in [0.2, 0.25) is 0 Å². The predicted molar refractivity (Wildman–Crippen MR) is 130 cm³/mol. The second kappa shape index (κ2) is 9.50. The van der Waals surface area contributed by atoms with Gasteiger partial charge in [-0.2, -0.15) is 0 Å². The van der Waals surface area contributed by atoms with E-state index in [-0.39, 0.29) is 41.2 Å². The Hall–Kier alpha value is -2.95. The lowest BCUT2D eigenvalue weighted by atomic mass is 9.79. The lowest BCUT2D eigenvalue weighted by molar-refractivity contribution is -0.384. The molecule has 0 aliphatic carbocycles. The lowest BCUT2D eigenvalue weighted by Gasteiger charge is -2.32. The van der Waals surface area contributed by atoms with Gasteiger partial charge in [0.25, 0.3) is 5.69 Å². The molecule has 1 aliphatic heterocycles. The molecular formula is C23H24BBrN2O6. The van der Waals surface area contributed by atoms with Crippen molar-refractivity contribution >= 4 is 34.2 Å². The van der Waals surface area contributed by atoms with Crippen molar-refractivity contribution in [2.45, 2.75) is 38.9 Å². The molecule has 0 bridgehead atoms. The van der Waals surface area contributed by atoms with E-state index < -0.39 is 4.92 Å². The Bertz CT molecular complexity index is 1120. The van der Waals surface area contributed by atoms with Crippen LogP contribution < -0.4 is 5.46 Å². The summed E-state index contributed by atoms with van der Waals surface area (Å²) in [7, 11) is -0.356. The van der Waals surface area contributed by atoms with E-state index in [9.17, 15) is 15.2 Å². The van der Waals surface area contributed by atoms with E-state index >= 15 is 0 Å². The summed E-state index contributed by atoms with van der Waals surface area (Å²) >= 11 is 3.14. The third-order valence-corrected chi connectivity index (χ3v) is 6.02. The second-order valence-electron chi connectivity index (χ2n) is 8.51. The predicted octanol–water partition coefficient (Wildman–Crippen LogP) is 4.82. The summed E-state index contributed by atoms with van der Waals surface area (Å²) in [5, 5.41) is 29.3. The van der Waals surface area contributed by atoms with Gasteiger partial charge in [-0.15, -0.1) is 0 Å². The summed E-state index contributed by atoms with van der Waals surface area (Å²) in [6, 6.07) is 14.4. The van der Waals surface area contributed by atoms with E-state index in [1.807, 2.05) is 39.8 Å². The van der Waals surface area contributed by atoms with E-state index in [0.717, 1.165) is 5.46 Å². The minimum Gasteiger partial charge on any atom is -0.508 e. The second-order valence-corrected chi connectivity index (χ2v) is 9.42. The van der Waals surface area contributed by atoms with Crippen molar-refractivity contribution < 1.29 is 24.4 Å². The minimum atomic E-state index is -0.486. The Morgan fingerprint density at radius 3 is 1.91 bits per heavy atom. The van der Waals surface area contributed by atoms with Crippen LogP contribution in [-0.2, 0) is 9.31 Å². The van der Waals surface area contributed by atoms with Crippen LogP contribution >= 0.6 is 15.9 Å². The summed E-state index contributed by atoms with van der Waals surface area (Å²) in [5.74, 6) is 0.355. The van der Waals surface area contributed by atoms with Crippen molar-refractivity contribution in [3.8, 4) is 22.8 Å². The van der Waals surface area contributed by atoms with Crippen molar-refractivity contribution in [3.63, 3.8) is 0 Å². The van der Waals surface area contributed by atoms with Crippen LogP contribution in [0.25, 0.3) is 11.3 Å². The third-order valence-electron chi connectivity index (χ3n) is 5.59. The van der Waals surface area contributed by atoms with E-state index in [1.165, 1.54) is 24.4 Å². The van der Waals surface area contributed by atoms with E-state index in [4.69, 9.17) is 14.4 Å². The number of hydrogen-bond acceptors (Lipinski definition) is 7. The van der Waals surface area contributed by atoms with Gasteiger partial charge in [-0.3, -0.25) is 10.1 Å². The molecule has 0 amide bonds. The van der Waals surface area contributed by atoms with Crippen LogP contribution in [0.5, 0.6) is 11.5 Å². The van der Waals surface area contributed by atoms with Gasteiger partial charge in [0.2, 0.25) is 0 Å². The molecule has 0 radical (unpaired) electrons. The maximum Gasteiger partial charge on any atom is 0.494 e. The Labute approximate surface area is 200 Å². The van der Waals surface area contributed by atoms with Crippen LogP contribution in [0, 0.1) is 10.1 Å². The average Bonchev–Trinajstić information content (AvgIpc) is 2.96. The van der Waals surface area contributed by atoms with Crippen LogP contribution in [0.1, 0.15) is 27.7 Å². The molecule has 8 nitrogen and oxygen atoms in total. The Morgan fingerprint density at radius 2 is 1.42 bits per heavy atom. The molecule has 0 atom stereocenters. The fourth-order valence-corrected chi connectivity index (χ4v) is 3.34. The number of phenols is 2. The van der Waals surface area contributed by atoms with Crippen LogP contribution in [0.4, 0.5) is 5.69 Å². The Kier molecular flexibility index (Phi) is 7.11. The molecule has 1 saturated heterocycles. The zero-order valence-corrected chi connectivity index (χ0v) is 20.2. The molecule has 2 N–H and O–H groups in total. The van der Waals surface area contributed by atoms with E-state index in [0.29, 0.717) is 10.0 Å². The molecule has 1 fully saturated rings. The fourth-order valence-electron chi connectivity index (χ4n) is 3.02. The van der Waals surface area contributed by atoms with Gasteiger partial charge >= 0.3 is 7.12 Å². The van der Waals surface area contributed by atoms with Crippen molar-refractivity contribution in [2.24, 2.45) is 0 Å². The van der Waals surface area contributed by atoms with Crippen LogP contribution in [-0.4, -0.2) is 38.4 Å². The highest BCUT2D eigenvalue weighted by Gasteiger charge is 2.51. The molecule has 2 heterocycles. The summed E-state index contributed by atoms with van der Waals surface area (Å²) in [4.78, 5) is 14.5. The SMILES string of the molecule is CC1(C)OB(c2ccc(O)cc2)OC1(C)C.O=[N+]([O-])c1cc(Br)cnc1-c1ccc(O)cc1. The first-order valence-corrected chi connectivity index (χ1v) is 10.9. The molecule has 0 spiro atoms. The molecule has 4 rings (SSSR count). The van der Waals surface area contributed by atoms with Gasteiger partial charge in [0.05, 0.1) is 16.1 Å². The molecule has 1 aliphatic rings. The third kappa shape index (κ3) is 5.71. The standard InChI is InChI=1S/C12H17BO3.C11H7BrN2O3/c1-11(2)12(3,4)16-13(15-11)9-5-7-10(14)8-6-9;12-8-5-10(14(16)17)11(13-6-8)7-1-3-9(15)4-2-7/h5-8,14H,1-4H3;1-6,15H. The zero-order valence-electron chi connectivity index (χ0n) is 18.7. The molecule has 1 aromatic heterocycles. The van der Waals surface area contributed by atoms with Crippen LogP contribution in [0.3, 0.4) is 0 Å². The summed E-state index contributed by atoms with van der Waals surface area (Å²) in [5.41, 5.74) is 1.06. The highest BCUT2D eigenvalue weighted by Crippen LogP contribution is 2.36. The molecule has 3 aromatic rings. The largest absolute Gasteiger partial charge is 0.508 e. The number of hydrogen-bond donors (Lipinski definition) is 2. The van der Waals surface area contributed by atoms with Crippen LogP contribution in [0.15, 0.2) is 65.3 Å². The van der Waals surface area contributed by atoms with Gasteiger partial charge in [0.1, 0.15) is 17.2 Å². The van der Waals surface area contributed by atoms with Gasteiger partial charge < -0.3 is 19.5 Å². The molecule has 0 saturated carbocycles. The van der Waals surface area contributed by atoms with E-state index in [2.05, 4.69) is 20.9 Å². The first-order chi connectivity index (χ1) is 15.4. The highest BCUT2D eigenvalue weighted by atomic mass is 79.9. The number of nitro groups is 1. The Balaban J connectivity index is 0.000000186. The number of phenolic OH excluding ortho intramolecular Hbond substituents is 2. The number of aromatic nitrogens is 1. The first kappa shape index (κ1) is 24.7. The maximum absolute atomic E-state index is 10.9. The number of pyridine rings is 1. The summed E-state index contributed by atoms with van der Waals surface area (Å²) in [6.45, 7) is 8.08. The minimum absolute atomic E-state index is 0.0786. The van der Waals surface area contributed by atoms with Gasteiger partial charge in [-0.1, -0.05) is 12.1 Å². The molecule has 0 unspecified atom stereocenters. The topological polar surface area (TPSA) is 115 Å². The highest BCUT2D eigenvalue weighted by molar-refractivity contribution is 9.10. The van der Waals surface area contributed by atoms with Crippen molar-refractivity contribution in [2.75, 3.05) is 0 Å². The monoisotopic (exact) mass is 514 g/mol. The summed E-state index contributed by atoms with van der Waals surface area (Å²) < 4.78 is 12.3. The normalized spacial score (nSPS) is 16.1. The Morgan fingerprint density at radius 1 is 0.939 bits per heavy atom. The first-order valence-electron chi connectivity index (χ1n) is 10.1. The molecular weight excluding hydrogens is 491 g/mol. The zero-order chi connectivity index (χ0) is 24.4. The van der Waals surface area contributed by atoms with Gasteiger partial charge in [0.15, 0.2) is 0 Å². The van der Waals surface area contributed by atoms with E-state index in [1.54, 1.807) is 24.3 Å². The fraction of sp³-hybridized carbons (Fsp3) is 0.261. The summed E-state index contributed by atoms with van der Waals surface area (Å²) in [6.07, 6.45) is 1.50. The number of benzene rings is 2. The van der Waals surface area contributed by atoms with Crippen molar-refractivity contribution in [1.29, 1.82) is 0 Å². The van der Waals surface area contributed by atoms with Gasteiger partial charge in [0, 0.05) is 22.3 Å². The number of nitrogens with zero attached hydrogens (tertiary/aromatic N) is 2. The van der Waals surface area contributed by atoms with Gasteiger partial charge in [-0.05, 0) is 85.5 Å². The van der Waals surface area contributed by atoms with Crippen molar-refractivity contribution in [3.05, 3.63) is 75.4 Å². The quantitative estimate of drug-likeness (QED) is 0.292. The van der Waals surface area contributed by atoms with Gasteiger partial charge in [-0.25, -0.2) is 4.98 Å². The number of rotatable bonds is 3. The molecule has 2 aromatic carbocycles. The molecule has 10 heteroatoms. The lowest BCUT2D eigenvalue weighted by Crippen LogP contribution is -2.41.